The maximum absolute atomic E-state index is 5.88. The molecular weight excluding hydrogens is 342 g/mol. The molecule has 0 saturated carbocycles. The smallest absolute Gasteiger partial charge is 0.127 e. The predicted octanol–water partition coefficient (Wildman–Crippen LogP) is 3.49. The van der Waals surface area contributed by atoms with E-state index in [9.17, 15) is 0 Å². The van der Waals surface area contributed by atoms with Gasteiger partial charge in [-0.1, -0.05) is 12.6 Å². The molecule has 1 fully saturated rings. The van der Waals surface area contributed by atoms with Gasteiger partial charge < -0.3 is 14.2 Å². The first kappa shape index (κ1) is 19.5. The highest BCUT2D eigenvalue weighted by Crippen LogP contribution is 2.27. The zero-order valence-corrected chi connectivity index (χ0v) is 16.5. The molecule has 1 aliphatic heterocycles. The fraction of sp³-hybridized carbons (Fsp3) is 0.476. The van der Waals surface area contributed by atoms with Crippen molar-refractivity contribution in [3.63, 3.8) is 0 Å². The number of ether oxygens (including phenoxy) is 3. The number of aryl methyl sites for hydroxylation is 1. The first-order valence-electron chi connectivity index (χ1n) is 9.35. The molecule has 3 rings (SSSR count). The van der Waals surface area contributed by atoms with Gasteiger partial charge in [0.25, 0.3) is 0 Å². The Bertz CT molecular complexity index is 766. The van der Waals surface area contributed by atoms with Gasteiger partial charge in [-0.2, -0.15) is 5.10 Å². The van der Waals surface area contributed by atoms with Crippen molar-refractivity contribution in [1.82, 2.24) is 14.7 Å². The molecule has 2 aromatic rings. The average Bonchev–Trinajstić information content (AvgIpc) is 3.31. The highest BCUT2D eigenvalue weighted by Gasteiger charge is 2.21. The maximum atomic E-state index is 5.88. The summed E-state index contributed by atoms with van der Waals surface area (Å²) in [4.78, 5) is 2.40. The molecular formula is C21H29N3O3. The zero-order chi connectivity index (χ0) is 19.2. The Morgan fingerprint density at radius 2 is 2.11 bits per heavy atom. The van der Waals surface area contributed by atoms with E-state index in [1.165, 1.54) is 5.56 Å². The zero-order valence-electron chi connectivity index (χ0n) is 16.5. The molecule has 6 nitrogen and oxygen atoms in total. The molecule has 1 atom stereocenters. The average molecular weight is 371 g/mol. The van der Waals surface area contributed by atoms with E-state index in [0.717, 1.165) is 61.8 Å². The molecule has 0 N–H and O–H groups in total. The summed E-state index contributed by atoms with van der Waals surface area (Å²) in [7, 11) is 3.36. The first-order valence-corrected chi connectivity index (χ1v) is 9.35. The number of aromatic nitrogens is 2. The molecule has 1 saturated heterocycles. The second kappa shape index (κ2) is 9.06. The van der Waals surface area contributed by atoms with E-state index in [-0.39, 0.29) is 6.10 Å². The summed E-state index contributed by atoms with van der Waals surface area (Å²) in [6.45, 7) is 9.14. The maximum Gasteiger partial charge on any atom is 0.127 e. The van der Waals surface area contributed by atoms with Crippen LogP contribution in [-0.2, 0) is 17.8 Å². The SMILES string of the molecule is C=Cn1cc(CN(Cc2ccc(OC)cc2OC)C[C@@H]2CCCO2)c(C)n1. The lowest BCUT2D eigenvalue weighted by Gasteiger charge is -2.26. The third-order valence-electron chi connectivity index (χ3n) is 4.97. The van der Waals surface area contributed by atoms with Gasteiger partial charge in [0.15, 0.2) is 0 Å². The van der Waals surface area contributed by atoms with Crippen molar-refractivity contribution >= 4 is 6.20 Å². The van der Waals surface area contributed by atoms with Crippen LogP contribution in [0.15, 0.2) is 31.0 Å². The largest absolute Gasteiger partial charge is 0.497 e. The fourth-order valence-electron chi connectivity index (χ4n) is 3.49. The Hall–Kier alpha value is -2.31. The standard InChI is InChI=1S/C21H29N3O3/c1-5-24-14-18(16(2)22-24)13-23(15-20-7-6-10-27-20)12-17-8-9-19(25-3)11-21(17)26-4/h5,8-9,11,14,20H,1,6-7,10,12-13,15H2,2-4H3/t20-/m0/s1. The Balaban J connectivity index is 1.80. The number of benzene rings is 1. The Morgan fingerprint density at radius 3 is 2.74 bits per heavy atom. The molecule has 1 aromatic carbocycles. The highest BCUT2D eigenvalue weighted by atomic mass is 16.5. The van der Waals surface area contributed by atoms with E-state index >= 15 is 0 Å². The molecule has 0 unspecified atom stereocenters. The number of hydrogen-bond acceptors (Lipinski definition) is 5. The van der Waals surface area contributed by atoms with Gasteiger partial charge in [0.2, 0.25) is 0 Å². The number of nitrogens with zero attached hydrogens (tertiary/aromatic N) is 3. The van der Waals surface area contributed by atoms with Crippen molar-refractivity contribution in [2.24, 2.45) is 0 Å². The lowest BCUT2D eigenvalue weighted by atomic mass is 10.1. The molecule has 0 amide bonds. The van der Waals surface area contributed by atoms with Crippen molar-refractivity contribution in [3.05, 3.63) is 47.8 Å². The quantitative estimate of drug-likeness (QED) is 0.675. The topological polar surface area (TPSA) is 48.8 Å². The third-order valence-corrected chi connectivity index (χ3v) is 4.97. The van der Waals surface area contributed by atoms with Crippen LogP contribution in [0.1, 0.15) is 29.7 Å². The summed E-state index contributed by atoms with van der Waals surface area (Å²) >= 11 is 0. The van der Waals surface area contributed by atoms with Crippen LogP contribution in [0.2, 0.25) is 0 Å². The van der Waals surface area contributed by atoms with Gasteiger partial charge in [-0.25, -0.2) is 4.68 Å². The van der Waals surface area contributed by atoms with Gasteiger partial charge >= 0.3 is 0 Å². The third kappa shape index (κ3) is 4.90. The molecule has 27 heavy (non-hydrogen) atoms. The molecule has 0 radical (unpaired) electrons. The van der Waals surface area contributed by atoms with Crippen molar-refractivity contribution in [3.8, 4) is 11.5 Å². The summed E-state index contributed by atoms with van der Waals surface area (Å²) in [5.74, 6) is 1.63. The van der Waals surface area contributed by atoms with Crippen LogP contribution in [0.5, 0.6) is 11.5 Å². The van der Waals surface area contributed by atoms with Crippen LogP contribution in [0, 0.1) is 6.92 Å². The van der Waals surface area contributed by atoms with Crippen molar-refractivity contribution in [1.29, 1.82) is 0 Å². The van der Waals surface area contributed by atoms with E-state index in [4.69, 9.17) is 14.2 Å². The van der Waals surface area contributed by atoms with E-state index in [2.05, 4.69) is 22.6 Å². The normalized spacial score (nSPS) is 16.7. The number of rotatable bonds is 9. The summed E-state index contributed by atoms with van der Waals surface area (Å²) in [5, 5.41) is 4.48. The van der Waals surface area contributed by atoms with Gasteiger partial charge in [0.05, 0.1) is 26.0 Å². The lowest BCUT2D eigenvalue weighted by Crippen LogP contribution is -2.31. The van der Waals surface area contributed by atoms with Crippen LogP contribution in [0.25, 0.3) is 6.20 Å². The second-order valence-electron chi connectivity index (χ2n) is 6.88. The highest BCUT2D eigenvalue weighted by molar-refractivity contribution is 5.40. The summed E-state index contributed by atoms with van der Waals surface area (Å²) in [5.41, 5.74) is 3.35. The molecule has 0 bridgehead atoms. The van der Waals surface area contributed by atoms with Gasteiger partial charge in [-0.3, -0.25) is 4.90 Å². The van der Waals surface area contributed by atoms with E-state index < -0.39 is 0 Å². The van der Waals surface area contributed by atoms with Crippen LogP contribution in [0.3, 0.4) is 0 Å². The Labute approximate surface area is 161 Å². The first-order chi connectivity index (χ1) is 13.1. The molecule has 0 spiro atoms. The van der Waals surface area contributed by atoms with E-state index in [0.29, 0.717) is 0 Å². The van der Waals surface area contributed by atoms with Gasteiger partial charge in [0, 0.05) is 55.8 Å². The minimum atomic E-state index is 0.281. The minimum absolute atomic E-state index is 0.281. The Morgan fingerprint density at radius 1 is 1.30 bits per heavy atom. The molecule has 6 heteroatoms. The van der Waals surface area contributed by atoms with Crippen LogP contribution in [0.4, 0.5) is 0 Å². The molecule has 1 aromatic heterocycles. The number of hydrogen-bond donors (Lipinski definition) is 0. The summed E-state index contributed by atoms with van der Waals surface area (Å²) in [6, 6.07) is 5.98. The lowest BCUT2D eigenvalue weighted by molar-refractivity contribution is 0.0675. The van der Waals surface area contributed by atoms with Crippen molar-refractivity contribution in [2.75, 3.05) is 27.4 Å². The van der Waals surface area contributed by atoms with Crippen LogP contribution < -0.4 is 9.47 Å². The second-order valence-corrected chi connectivity index (χ2v) is 6.88. The van der Waals surface area contributed by atoms with Crippen LogP contribution in [-0.4, -0.2) is 48.2 Å². The fourth-order valence-corrected chi connectivity index (χ4v) is 3.49. The van der Waals surface area contributed by atoms with Crippen molar-refractivity contribution in [2.45, 2.75) is 39.0 Å². The van der Waals surface area contributed by atoms with Gasteiger partial charge in [-0.15, -0.1) is 0 Å². The summed E-state index contributed by atoms with van der Waals surface area (Å²) < 4.78 is 18.5. The molecule has 1 aliphatic rings. The summed E-state index contributed by atoms with van der Waals surface area (Å²) in [6.07, 6.45) is 6.28. The number of methoxy groups -OCH3 is 2. The van der Waals surface area contributed by atoms with Crippen LogP contribution >= 0.6 is 0 Å². The molecule has 2 heterocycles. The van der Waals surface area contributed by atoms with E-state index in [1.807, 2.05) is 25.3 Å². The molecule has 146 valence electrons. The van der Waals surface area contributed by atoms with Crippen molar-refractivity contribution < 1.29 is 14.2 Å². The van der Waals surface area contributed by atoms with Gasteiger partial charge in [-0.05, 0) is 25.8 Å². The monoisotopic (exact) mass is 371 g/mol. The molecule has 0 aliphatic carbocycles. The Kier molecular flexibility index (Phi) is 6.53. The van der Waals surface area contributed by atoms with Gasteiger partial charge in [0.1, 0.15) is 11.5 Å². The van der Waals surface area contributed by atoms with E-state index in [1.54, 1.807) is 25.1 Å². The minimum Gasteiger partial charge on any atom is -0.497 e. The predicted molar refractivity (Wildman–Crippen MR) is 106 cm³/mol.